The first-order valence-corrected chi connectivity index (χ1v) is 5.61. The molecule has 0 saturated heterocycles. The number of hydrogen-bond donors (Lipinski definition) is 0. The second-order valence-electron chi connectivity index (χ2n) is 4.93. The third-order valence-electron chi connectivity index (χ3n) is 3.41. The van der Waals surface area contributed by atoms with Gasteiger partial charge in [-0.2, -0.15) is 5.26 Å². The fourth-order valence-corrected chi connectivity index (χ4v) is 2.60. The highest BCUT2D eigenvalue weighted by Gasteiger charge is 2.35. The molecule has 14 heavy (non-hydrogen) atoms. The van der Waals surface area contributed by atoms with Crippen LogP contribution in [-0.4, -0.2) is 5.67 Å². The molecule has 0 heterocycles. The van der Waals surface area contributed by atoms with E-state index in [-0.39, 0.29) is 5.92 Å². The molecule has 0 aliphatic heterocycles. The zero-order chi connectivity index (χ0) is 10.6. The lowest BCUT2D eigenvalue weighted by atomic mass is 9.72. The molecule has 1 aliphatic rings. The van der Waals surface area contributed by atoms with E-state index in [1.54, 1.807) is 13.8 Å². The Kier molecular flexibility index (Phi) is 3.92. The maximum atomic E-state index is 13.9. The summed E-state index contributed by atoms with van der Waals surface area (Å²) in [5.41, 5.74) is -1.20. The first kappa shape index (κ1) is 11.5. The molecule has 0 bridgehead atoms. The standard InChI is InChI=1S/C12H20FN/c1-12(2,13)11(8-9-14)10-6-4-3-5-7-10/h10-11H,3-8H2,1-2H3. The molecule has 2 heteroatoms. The molecular weight excluding hydrogens is 177 g/mol. The van der Waals surface area contributed by atoms with Crippen LogP contribution in [0.1, 0.15) is 52.4 Å². The van der Waals surface area contributed by atoms with Crippen molar-refractivity contribution in [1.82, 2.24) is 0 Å². The number of nitriles is 1. The molecule has 1 nitrogen and oxygen atoms in total. The van der Waals surface area contributed by atoms with E-state index in [1.807, 2.05) is 0 Å². The molecule has 1 aliphatic carbocycles. The van der Waals surface area contributed by atoms with Crippen LogP contribution in [0.3, 0.4) is 0 Å². The van der Waals surface area contributed by atoms with Gasteiger partial charge in [0.25, 0.3) is 0 Å². The Morgan fingerprint density at radius 3 is 2.36 bits per heavy atom. The zero-order valence-corrected chi connectivity index (χ0v) is 9.22. The van der Waals surface area contributed by atoms with Gasteiger partial charge in [0.05, 0.1) is 6.07 Å². The Morgan fingerprint density at radius 1 is 1.36 bits per heavy atom. The van der Waals surface area contributed by atoms with Crippen molar-refractivity contribution in [3.8, 4) is 6.07 Å². The lowest BCUT2D eigenvalue weighted by Crippen LogP contribution is -2.33. The molecule has 0 amide bonds. The minimum absolute atomic E-state index is 0.0622. The predicted molar refractivity (Wildman–Crippen MR) is 55.5 cm³/mol. The van der Waals surface area contributed by atoms with Crippen LogP contribution in [0.15, 0.2) is 0 Å². The minimum atomic E-state index is -1.20. The van der Waals surface area contributed by atoms with E-state index in [0.717, 1.165) is 12.8 Å². The Hall–Kier alpha value is -0.580. The van der Waals surface area contributed by atoms with Gasteiger partial charge < -0.3 is 0 Å². The van der Waals surface area contributed by atoms with Gasteiger partial charge in [-0.15, -0.1) is 0 Å². The third-order valence-corrected chi connectivity index (χ3v) is 3.41. The molecule has 0 N–H and O–H groups in total. The Balaban J connectivity index is 2.62. The Labute approximate surface area is 86.3 Å². The van der Waals surface area contributed by atoms with E-state index in [0.29, 0.717) is 12.3 Å². The largest absolute Gasteiger partial charge is 0.244 e. The normalized spacial score (nSPS) is 21.6. The molecular formula is C12H20FN. The van der Waals surface area contributed by atoms with Gasteiger partial charge in [-0.05, 0) is 19.8 Å². The molecule has 0 aromatic rings. The van der Waals surface area contributed by atoms with Crippen LogP contribution >= 0.6 is 0 Å². The summed E-state index contributed by atoms with van der Waals surface area (Å²) in [6, 6.07) is 2.13. The summed E-state index contributed by atoms with van der Waals surface area (Å²) in [5, 5.41) is 8.71. The highest BCUT2D eigenvalue weighted by Crippen LogP contribution is 2.39. The second-order valence-corrected chi connectivity index (χ2v) is 4.93. The summed E-state index contributed by atoms with van der Waals surface area (Å²) in [6.45, 7) is 3.23. The first-order chi connectivity index (χ1) is 6.55. The lowest BCUT2D eigenvalue weighted by Gasteiger charge is -2.35. The molecule has 80 valence electrons. The van der Waals surface area contributed by atoms with Crippen LogP contribution < -0.4 is 0 Å². The van der Waals surface area contributed by atoms with Crippen molar-refractivity contribution in [3.63, 3.8) is 0 Å². The summed E-state index contributed by atoms with van der Waals surface area (Å²) in [4.78, 5) is 0. The quantitative estimate of drug-likeness (QED) is 0.674. The van der Waals surface area contributed by atoms with Gasteiger partial charge in [-0.25, -0.2) is 4.39 Å². The number of alkyl halides is 1. The molecule has 1 fully saturated rings. The van der Waals surface area contributed by atoms with Crippen LogP contribution in [0.4, 0.5) is 4.39 Å². The predicted octanol–water partition coefficient (Wildman–Crippen LogP) is 3.84. The van der Waals surface area contributed by atoms with Crippen molar-refractivity contribution < 1.29 is 4.39 Å². The fraction of sp³-hybridized carbons (Fsp3) is 0.917. The van der Waals surface area contributed by atoms with Crippen LogP contribution in [0.2, 0.25) is 0 Å². The van der Waals surface area contributed by atoms with Crippen molar-refractivity contribution in [3.05, 3.63) is 0 Å². The molecule has 1 atom stereocenters. The van der Waals surface area contributed by atoms with Crippen molar-refractivity contribution in [2.24, 2.45) is 11.8 Å². The van der Waals surface area contributed by atoms with Crippen LogP contribution in [0.5, 0.6) is 0 Å². The number of halogens is 1. The van der Waals surface area contributed by atoms with Crippen LogP contribution in [0, 0.1) is 23.2 Å². The second kappa shape index (κ2) is 4.77. The van der Waals surface area contributed by atoms with Gasteiger partial charge in [0.2, 0.25) is 0 Å². The zero-order valence-electron chi connectivity index (χ0n) is 9.22. The van der Waals surface area contributed by atoms with E-state index in [2.05, 4.69) is 6.07 Å². The van der Waals surface area contributed by atoms with E-state index < -0.39 is 5.67 Å². The maximum absolute atomic E-state index is 13.9. The molecule has 0 radical (unpaired) electrons. The molecule has 1 rings (SSSR count). The molecule has 0 aromatic carbocycles. The number of nitrogens with zero attached hydrogens (tertiary/aromatic N) is 1. The minimum Gasteiger partial charge on any atom is -0.244 e. The van der Waals surface area contributed by atoms with E-state index in [9.17, 15) is 4.39 Å². The maximum Gasteiger partial charge on any atom is 0.109 e. The van der Waals surface area contributed by atoms with Gasteiger partial charge in [0, 0.05) is 12.3 Å². The van der Waals surface area contributed by atoms with E-state index in [1.165, 1.54) is 19.3 Å². The van der Waals surface area contributed by atoms with Crippen molar-refractivity contribution in [2.45, 2.75) is 58.0 Å². The van der Waals surface area contributed by atoms with Crippen molar-refractivity contribution in [1.29, 1.82) is 5.26 Å². The molecule has 1 unspecified atom stereocenters. The lowest BCUT2D eigenvalue weighted by molar-refractivity contribution is 0.0645. The van der Waals surface area contributed by atoms with Gasteiger partial charge in [0.15, 0.2) is 0 Å². The van der Waals surface area contributed by atoms with Gasteiger partial charge in [-0.1, -0.05) is 32.1 Å². The summed E-state index contributed by atoms with van der Waals surface area (Å²) >= 11 is 0. The molecule has 0 aromatic heterocycles. The number of rotatable bonds is 3. The highest BCUT2D eigenvalue weighted by molar-refractivity contribution is 4.91. The van der Waals surface area contributed by atoms with Crippen molar-refractivity contribution in [2.75, 3.05) is 0 Å². The average Bonchev–Trinajstić information content (AvgIpc) is 2.14. The fourth-order valence-electron chi connectivity index (χ4n) is 2.60. The van der Waals surface area contributed by atoms with Gasteiger partial charge >= 0.3 is 0 Å². The third kappa shape index (κ3) is 2.97. The molecule has 1 saturated carbocycles. The Bertz CT molecular complexity index is 205. The van der Waals surface area contributed by atoms with Gasteiger partial charge in [0.1, 0.15) is 5.67 Å². The molecule has 0 spiro atoms. The summed E-state index contributed by atoms with van der Waals surface area (Å²) in [5.74, 6) is 0.371. The monoisotopic (exact) mass is 197 g/mol. The van der Waals surface area contributed by atoms with E-state index >= 15 is 0 Å². The highest BCUT2D eigenvalue weighted by atomic mass is 19.1. The van der Waals surface area contributed by atoms with Crippen LogP contribution in [-0.2, 0) is 0 Å². The van der Waals surface area contributed by atoms with Crippen molar-refractivity contribution >= 4 is 0 Å². The van der Waals surface area contributed by atoms with Crippen LogP contribution in [0.25, 0.3) is 0 Å². The number of hydrogen-bond acceptors (Lipinski definition) is 1. The summed E-state index contributed by atoms with van der Waals surface area (Å²) in [7, 11) is 0. The van der Waals surface area contributed by atoms with E-state index in [4.69, 9.17) is 5.26 Å². The summed E-state index contributed by atoms with van der Waals surface area (Å²) < 4.78 is 13.9. The smallest absolute Gasteiger partial charge is 0.109 e. The summed E-state index contributed by atoms with van der Waals surface area (Å²) in [6.07, 6.45) is 6.29. The topological polar surface area (TPSA) is 23.8 Å². The Morgan fingerprint density at radius 2 is 1.93 bits per heavy atom. The first-order valence-electron chi connectivity index (χ1n) is 5.61. The SMILES string of the molecule is CC(C)(F)C(CC#N)C1CCCCC1. The average molecular weight is 197 g/mol. The van der Waals surface area contributed by atoms with Gasteiger partial charge in [-0.3, -0.25) is 0 Å².